The standard InChI is InChI=1S/C24H21N3O3S3/c1-31-20-9-4-10-21-22(20)25-24(32-21)26-23(28)17-11-13-18(14-12-17)33(29,30)27-15-5-7-16-6-2-3-8-19(16)27/h2-4,6,8-14H,5,7,15H2,1H3,(H,25,26,28). The van der Waals surface area contributed by atoms with E-state index in [-0.39, 0.29) is 10.8 Å². The first-order valence-electron chi connectivity index (χ1n) is 10.4. The van der Waals surface area contributed by atoms with Crippen LogP contribution in [0.15, 0.2) is 76.5 Å². The van der Waals surface area contributed by atoms with Crippen LogP contribution in [0, 0.1) is 0 Å². The maximum atomic E-state index is 13.3. The van der Waals surface area contributed by atoms with Crippen molar-refractivity contribution in [2.45, 2.75) is 22.6 Å². The Labute approximate surface area is 200 Å². The number of hydrogen-bond donors (Lipinski definition) is 1. The molecule has 1 aromatic heterocycles. The second-order valence-corrected chi connectivity index (χ2v) is 11.4. The second kappa shape index (κ2) is 8.81. The number of benzene rings is 3. The van der Waals surface area contributed by atoms with Crippen LogP contribution < -0.4 is 9.62 Å². The van der Waals surface area contributed by atoms with Gasteiger partial charge in [-0.25, -0.2) is 13.4 Å². The van der Waals surface area contributed by atoms with Crippen LogP contribution in [-0.4, -0.2) is 32.1 Å². The van der Waals surface area contributed by atoms with Crippen LogP contribution in [0.4, 0.5) is 10.8 Å². The van der Waals surface area contributed by atoms with Gasteiger partial charge in [0.25, 0.3) is 15.9 Å². The molecule has 168 valence electrons. The normalized spacial score (nSPS) is 13.7. The fraction of sp³-hybridized carbons (Fsp3) is 0.167. The number of nitrogens with zero attached hydrogens (tertiary/aromatic N) is 2. The molecule has 1 aliphatic rings. The summed E-state index contributed by atoms with van der Waals surface area (Å²) in [5.41, 5.74) is 3.00. The van der Waals surface area contributed by atoms with Crippen LogP contribution in [0.3, 0.4) is 0 Å². The Morgan fingerprint density at radius 1 is 1.06 bits per heavy atom. The summed E-state index contributed by atoms with van der Waals surface area (Å²) in [6.07, 6.45) is 3.63. The van der Waals surface area contributed by atoms with Gasteiger partial charge in [0.15, 0.2) is 5.13 Å². The Hall–Kier alpha value is -2.88. The summed E-state index contributed by atoms with van der Waals surface area (Å²) in [6.45, 7) is 0.442. The average molecular weight is 496 g/mol. The zero-order chi connectivity index (χ0) is 23.0. The number of nitrogens with one attached hydrogen (secondary N) is 1. The lowest BCUT2D eigenvalue weighted by molar-refractivity contribution is 0.102. The lowest BCUT2D eigenvalue weighted by Gasteiger charge is -2.30. The van der Waals surface area contributed by atoms with Gasteiger partial charge in [-0.15, -0.1) is 11.8 Å². The van der Waals surface area contributed by atoms with E-state index in [1.54, 1.807) is 23.9 Å². The summed E-state index contributed by atoms with van der Waals surface area (Å²) in [6, 6.07) is 19.6. The fourth-order valence-corrected chi connectivity index (χ4v) is 7.02. The Kier molecular flexibility index (Phi) is 5.86. The zero-order valence-electron chi connectivity index (χ0n) is 17.8. The van der Waals surface area contributed by atoms with Gasteiger partial charge < -0.3 is 0 Å². The summed E-state index contributed by atoms with van der Waals surface area (Å²) < 4.78 is 29.1. The molecule has 0 radical (unpaired) electrons. The molecule has 0 unspecified atom stereocenters. The van der Waals surface area contributed by atoms with E-state index in [0.29, 0.717) is 17.2 Å². The van der Waals surface area contributed by atoms with Gasteiger partial charge in [-0.05, 0) is 67.1 Å². The number of rotatable bonds is 5. The molecule has 0 saturated carbocycles. The predicted octanol–water partition coefficient (Wildman–Crippen LogP) is 5.41. The highest BCUT2D eigenvalue weighted by Gasteiger charge is 2.29. The van der Waals surface area contributed by atoms with E-state index in [1.807, 2.05) is 48.7 Å². The summed E-state index contributed by atoms with van der Waals surface area (Å²) in [4.78, 5) is 18.5. The number of para-hydroxylation sites is 2. The number of thioether (sulfide) groups is 1. The Balaban J connectivity index is 1.37. The highest BCUT2D eigenvalue weighted by atomic mass is 32.2. The number of aromatic nitrogens is 1. The quantitative estimate of drug-likeness (QED) is 0.375. The summed E-state index contributed by atoms with van der Waals surface area (Å²) in [5, 5.41) is 3.35. The maximum Gasteiger partial charge on any atom is 0.264 e. The van der Waals surface area contributed by atoms with E-state index in [2.05, 4.69) is 10.3 Å². The Morgan fingerprint density at radius 3 is 2.64 bits per heavy atom. The monoisotopic (exact) mass is 495 g/mol. The molecule has 1 amide bonds. The van der Waals surface area contributed by atoms with Crippen LogP contribution in [0.2, 0.25) is 0 Å². The van der Waals surface area contributed by atoms with E-state index in [1.165, 1.54) is 27.8 Å². The van der Waals surface area contributed by atoms with Crippen molar-refractivity contribution in [3.05, 3.63) is 77.9 Å². The van der Waals surface area contributed by atoms with Crippen LogP contribution in [0.25, 0.3) is 10.2 Å². The van der Waals surface area contributed by atoms with E-state index in [9.17, 15) is 13.2 Å². The summed E-state index contributed by atoms with van der Waals surface area (Å²) in [7, 11) is -3.71. The van der Waals surface area contributed by atoms with Gasteiger partial charge in [0.05, 0.1) is 20.8 Å². The summed E-state index contributed by atoms with van der Waals surface area (Å²) >= 11 is 3.02. The molecule has 4 aromatic rings. The van der Waals surface area contributed by atoms with Crippen molar-refractivity contribution in [3.63, 3.8) is 0 Å². The molecule has 1 N–H and O–H groups in total. The van der Waals surface area contributed by atoms with Gasteiger partial charge in [-0.1, -0.05) is 35.6 Å². The number of hydrogen-bond acceptors (Lipinski definition) is 6. The number of fused-ring (bicyclic) bond motifs is 2. The van der Waals surface area contributed by atoms with Crippen molar-refractivity contribution < 1.29 is 13.2 Å². The van der Waals surface area contributed by atoms with Crippen molar-refractivity contribution in [2.24, 2.45) is 0 Å². The third-order valence-corrected chi connectivity index (χ3v) is 9.13. The van der Waals surface area contributed by atoms with Crippen LogP contribution in [-0.2, 0) is 16.4 Å². The molecule has 6 nitrogen and oxygen atoms in total. The smallest absolute Gasteiger partial charge is 0.264 e. The average Bonchev–Trinajstić information content (AvgIpc) is 3.26. The van der Waals surface area contributed by atoms with Crippen molar-refractivity contribution in [1.29, 1.82) is 0 Å². The summed E-state index contributed by atoms with van der Waals surface area (Å²) in [5.74, 6) is -0.327. The fourth-order valence-electron chi connectivity index (χ4n) is 3.97. The highest BCUT2D eigenvalue weighted by molar-refractivity contribution is 7.98. The zero-order valence-corrected chi connectivity index (χ0v) is 20.3. The highest BCUT2D eigenvalue weighted by Crippen LogP contribution is 2.33. The molecule has 1 aliphatic heterocycles. The van der Waals surface area contributed by atoms with Crippen molar-refractivity contribution in [2.75, 3.05) is 22.4 Å². The molecule has 0 saturated heterocycles. The number of amides is 1. The topological polar surface area (TPSA) is 79.4 Å². The first-order valence-corrected chi connectivity index (χ1v) is 13.9. The molecule has 2 heterocycles. The van der Waals surface area contributed by atoms with Crippen molar-refractivity contribution in [1.82, 2.24) is 4.98 Å². The molecule has 0 aliphatic carbocycles. The van der Waals surface area contributed by atoms with E-state index >= 15 is 0 Å². The molecular weight excluding hydrogens is 474 g/mol. The third kappa shape index (κ3) is 4.12. The minimum absolute atomic E-state index is 0.167. The predicted molar refractivity (Wildman–Crippen MR) is 135 cm³/mol. The maximum absolute atomic E-state index is 13.3. The molecule has 0 bridgehead atoms. The van der Waals surface area contributed by atoms with Gasteiger partial charge in [0, 0.05) is 17.0 Å². The van der Waals surface area contributed by atoms with Crippen LogP contribution in [0.5, 0.6) is 0 Å². The first-order chi connectivity index (χ1) is 16.0. The van der Waals surface area contributed by atoms with Crippen LogP contribution >= 0.6 is 23.1 Å². The number of sulfonamides is 1. The van der Waals surface area contributed by atoms with Gasteiger partial charge >= 0.3 is 0 Å². The molecular formula is C24H21N3O3S3. The molecule has 0 spiro atoms. The lowest BCUT2D eigenvalue weighted by Crippen LogP contribution is -2.35. The minimum Gasteiger partial charge on any atom is -0.298 e. The Bertz CT molecular complexity index is 1450. The van der Waals surface area contributed by atoms with Gasteiger partial charge in [0.2, 0.25) is 0 Å². The molecule has 5 rings (SSSR count). The molecule has 0 atom stereocenters. The third-order valence-electron chi connectivity index (χ3n) is 5.59. The molecule has 33 heavy (non-hydrogen) atoms. The van der Waals surface area contributed by atoms with E-state index in [0.717, 1.165) is 39.2 Å². The first kappa shape index (κ1) is 21.9. The van der Waals surface area contributed by atoms with Gasteiger partial charge in [-0.3, -0.25) is 14.4 Å². The minimum atomic E-state index is -3.71. The SMILES string of the molecule is CSc1cccc2sc(NC(=O)c3ccc(S(=O)(=O)N4CCCc5ccccc54)cc3)nc12. The van der Waals surface area contributed by atoms with Gasteiger partial charge in [-0.2, -0.15) is 0 Å². The van der Waals surface area contributed by atoms with Crippen molar-refractivity contribution >= 4 is 60.1 Å². The molecule has 3 aromatic carbocycles. The molecule has 0 fully saturated rings. The van der Waals surface area contributed by atoms with Gasteiger partial charge in [0.1, 0.15) is 0 Å². The van der Waals surface area contributed by atoms with E-state index < -0.39 is 10.0 Å². The largest absolute Gasteiger partial charge is 0.298 e. The molecule has 9 heteroatoms. The number of thiazole rings is 1. The van der Waals surface area contributed by atoms with E-state index in [4.69, 9.17) is 0 Å². The lowest BCUT2D eigenvalue weighted by atomic mass is 10.0. The van der Waals surface area contributed by atoms with Crippen molar-refractivity contribution in [3.8, 4) is 0 Å². The number of carbonyl (C=O) groups is 1. The second-order valence-electron chi connectivity index (χ2n) is 7.61. The number of aryl methyl sites for hydroxylation is 1. The number of carbonyl (C=O) groups excluding carboxylic acids is 1. The van der Waals surface area contributed by atoms with Crippen LogP contribution in [0.1, 0.15) is 22.3 Å². The Morgan fingerprint density at radius 2 is 1.85 bits per heavy atom. The number of anilines is 2.